The highest BCUT2D eigenvalue weighted by molar-refractivity contribution is 7.04. The Morgan fingerprint density at radius 2 is 1.54 bits per heavy atom. The van der Waals surface area contributed by atoms with E-state index in [0.717, 1.165) is 17.9 Å². The minimum Gasteiger partial charge on any atom is -0.455 e. The first-order chi connectivity index (χ1) is 17.6. The van der Waals surface area contributed by atoms with Gasteiger partial charge < -0.3 is 4.74 Å². The minimum atomic E-state index is -1.84. The van der Waals surface area contributed by atoms with Crippen LogP contribution in [0, 0.1) is 12.3 Å². The van der Waals surface area contributed by atoms with Gasteiger partial charge in [0.2, 0.25) is 5.69 Å². The molecule has 0 amide bonds. The first-order valence-electron chi connectivity index (χ1n) is 13.4. The van der Waals surface area contributed by atoms with E-state index in [1.54, 1.807) is 0 Å². The third-order valence-electron chi connectivity index (χ3n) is 8.60. The number of ether oxygens (including phenoxy) is 1. The highest BCUT2D eigenvalue weighted by Gasteiger charge is 2.43. The molecule has 0 bridgehead atoms. The van der Waals surface area contributed by atoms with E-state index in [1.165, 1.54) is 65.4 Å². The maximum atomic E-state index is 7.27. The van der Waals surface area contributed by atoms with E-state index in [9.17, 15) is 0 Å². The van der Waals surface area contributed by atoms with Gasteiger partial charge in [0, 0.05) is 17.2 Å². The monoisotopic (exact) mass is 500 g/mol. The molecule has 0 radical (unpaired) electrons. The number of rotatable bonds is 1. The second kappa shape index (κ2) is 7.32. The summed E-state index contributed by atoms with van der Waals surface area (Å²) in [5.41, 5.74) is 7.97. The first-order valence-corrected chi connectivity index (χ1v) is 16.4. The molecule has 0 saturated carbocycles. The van der Waals surface area contributed by atoms with E-state index in [2.05, 4.69) is 119 Å². The van der Waals surface area contributed by atoms with E-state index < -0.39 is 8.07 Å². The number of fused-ring (bicyclic) bond motifs is 7. The topological polar surface area (TPSA) is 13.1 Å². The Morgan fingerprint density at radius 1 is 0.838 bits per heavy atom. The predicted molar refractivity (Wildman–Crippen MR) is 158 cm³/mol. The van der Waals surface area contributed by atoms with Crippen molar-refractivity contribution in [1.82, 2.24) is 0 Å². The third kappa shape index (κ3) is 3.01. The smallest absolute Gasteiger partial charge is 0.228 e. The van der Waals surface area contributed by atoms with Crippen LogP contribution in [0.2, 0.25) is 13.1 Å². The van der Waals surface area contributed by atoms with Crippen LogP contribution >= 0.6 is 0 Å². The van der Waals surface area contributed by atoms with Crippen LogP contribution in [0.15, 0.2) is 66.9 Å². The average Bonchev–Trinajstić information content (AvgIpc) is 3.09. The van der Waals surface area contributed by atoms with Gasteiger partial charge in [-0.3, -0.25) is 0 Å². The van der Waals surface area contributed by atoms with Crippen molar-refractivity contribution < 1.29 is 9.30 Å². The van der Waals surface area contributed by atoms with Gasteiger partial charge in [-0.2, -0.15) is 0 Å². The zero-order chi connectivity index (χ0) is 25.9. The van der Waals surface area contributed by atoms with Crippen molar-refractivity contribution in [1.29, 1.82) is 0 Å². The van der Waals surface area contributed by atoms with Crippen LogP contribution in [0.5, 0.6) is 11.5 Å². The zero-order valence-electron chi connectivity index (χ0n) is 22.9. The summed E-state index contributed by atoms with van der Waals surface area (Å²) in [6, 6.07) is 22.7. The maximum Gasteiger partial charge on any atom is 0.228 e. The summed E-state index contributed by atoms with van der Waals surface area (Å²) in [7, 11) is 0.348. The van der Waals surface area contributed by atoms with Crippen LogP contribution in [0.1, 0.15) is 31.9 Å². The fourth-order valence-electron chi connectivity index (χ4n) is 6.91. The lowest BCUT2D eigenvalue weighted by atomic mass is 9.81. The number of hydrogen-bond donors (Lipinski definition) is 0. The fraction of sp³-hybridized carbons (Fsp3) is 0.265. The molecule has 4 aromatic carbocycles. The predicted octanol–water partition coefficient (Wildman–Crippen LogP) is 7.29. The number of nitrogens with zero attached hydrogens (tertiary/aromatic N) is 1. The van der Waals surface area contributed by atoms with Crippen molar-refractivity contribution in [3.63, 3.8) is 0 Å². The van der Waals surface area contributed by atoms with E-state index in [1.807, 2.05) is 0 Å². The second-order valence-corrected chi connectivity index (χ2v) is 17.1. The Morgan fingerprint density at radius 3 is 2.30 bits per heavy atom. The highest BCUT2D eigenvalue weighted by Crippen LogP contribution is 2.54. The summed E-state index contributed by atoms with van der Waals surface area (Å²) < 4.78 is 9.58. The van der Waals surface area contributed by atoms with Gasteiger partial charge in [-0.25, -0.2) is 4.57 Å². The van der Waals surface area contributed by atoms with Crippen molar-refractivity contribution in [2.45, 2.75) is 47.2 Å². The molecule has 184 valence electrons. The number of pyridine rings is 1. The van der Waals surface area contributed by atoms with E-state index in [-0.39, 0.29) is 5.41 Å². The van der Waals surface area contributed by atoms with Crippen molar-refractivity contribution >= 4 is 40.0 Å². The number of benzene rings is 4. The van der Waals surface area contributed by atoms with Gasteiger partial charge in [0.05, 0.1) is 10.9 Å². The van der Waals surface area contributed by atoms with Crippen LogP contribution in [-0.2, 0) is 13.5 Å². The average molecular weight is 501 g/mol. The van der Waals surface area contributed by atoms with Crippen LogP contribution in [0.3, 0.4) is 0 Å². The Kier molecular flexibility index (Phi) is 4.50. The lowest BCUT2D eigenvalue weighted by Gasteiger charge is -2.29. The number of hydrogen-bond acceptors (Lipinski definition) is 1. The summed E-state index contributed by atoms with van der Waals surface area (Å²) in [6.45, 7) is 14.2. The van der Waals surface area contributed by atoms with Gasteiger partial charge >= 0.3 is 0 Å². The molecule has 0 spiro atoms. The van der Waals surface area contributed by atoms with Crippen molar-refractivity contribution in [2.24, 2.45) is 12.5 Å². The van der Waals surface area contributed by atoms with Gasteiger partial charge in [-0.1, -0.05) is 88.5 Å². The molecule has 3 heterocycles. The Bertz CT molecular complexity index is 1810. The van der Waals surface area contributed by atoms with Crippen molar-refractivity contribution in [3.05, 3.63) is 78.0 Å². The van der Waals surface area contributed by atoms with Crippen LogP contribution in [-0.4, -0.2) is 8.07 Å². The third-order valence-corrected chi connectivity index (χ3v) is 12.1. The molecule has 0 saturated heterocycles. The van der Waals surface area contributed by atoms with Crippen LogP contribution in [0.25, 0.3) is 43.9 Å². The summed E-state index contributed by atoms with van der Waals surface area (Å²) >= 11 is 0. The Balaban J connectivity index is 1.68. The highest BCUT2D eigenvalue weighted by atomic mass is 28.3. The Labute approximate surface area is 220 Å². The Hall–Kier alpha value is -3.43. The van der Waals surface area contributed by atoms with Crippen molar-refractivity contribution in [3.8, 4) is 33.9 Å². The molecule has 37 heavy (non-hydrogen) atoms. The van der Waals surface area contributed by atoms with Gasteiger partial charge in [0.15, 0.2) is 6.20 Å². The molecular formula is C34H34NOSi+. The standard InChI is InChI=1S/C34H34NOSi/c1-20-22-12-8-9-13-23(22)25(19-34(2,3)4)32-28(20)31-29-21(16-17-35(31)5)18-27-30(33(29)36-32)24-14-10-11-15-26(24)37(27,6)7/h8-18H,19H2,1-7H3/q+1. The molecular weight excluding hydrogens is 466 g/mol. The molecule has 0 N–H and O–H groups in total. The van der Waals surface area contributed by atoms with Crippen LogP contribution in [0.4, 0.5) is 0 Å². The normalized spacial score (nSPS) is 14.9. The molecule has 2 aliphatic heterocycles. The maximum absolute atomic E-state index is 7.27. The summed E-state index contributed by atoms with van der Waals surface area (Å²) in [5.74, 6) is 2.11. The second-order valence-electron chi connectivity index (χ2n) is 12.7. The van der Waals surface area contributed by atoms with Gasteiger partial charge in [0.1, 0.15) is 26.6 Å². The first kappa shape index (κ1) is 22.7. The summed E-state index contributed by atoms with van der Waals surface area (Å²) in [5, 5.41) is 8.18. The van der Waals surface area contributed by atoms with Gasteiger partial charge in [-0.05, 0) is 56.4 Å². The molecule has 1 aromatic heterocycles. The molecule has 3 heteroatoms. The zero-order valence-corrected chi connectivity index (χ0v) is 23.9. The van der Waals surface area contributed by atoms with Crippen molar-refractivity contribution in [2.75, 3.05) is 0 Å². The number of aromatic nitrogens is 1. The minimum absolute atomic E-state index is 0.129. The molecule has 0 atom stereocenters. The lowest BCUT2D eigenvalue weighted by molar-refractivity contribution is -0.659. The molecule has 7 rings (SSSR count). The quantitative estimate of drug-likeness (QED) is 0.171. The molecule has 5 aromatic rings. The molecule has 2 aliphatic rings. The van der Waals surface area contributed by atoms with Gasteiger partial charge in [-0.15, -0.1) is 0 Å². The largest absolute Gasteiger partial charge is 0.455 e. The molecule has 0 aliphatic carbocycles. The fourth-order valence-corrected chi connectivity index (χ4v) is 9.98. The van der Waals surface area contributed by atoms with E-state index in [0.29, 0.717) is 0 Å². The molecule has 2 nitrogen and oxygen atoms in total. The lowest BCUT2D eigenvalue weighted by Crippen LogP contribution is -2.49. The van der Waals surface area contributed by atoms with E-state index >= 15 is 0 Å². The number of aryl methyl sites for hydroxylation is 2. The van der Waals surface area contributed by atoms with E-state index in [4.69, 9.17) is 4.74 Å². The summed E-state index contributed by atoms with van der Waals surface area (Å²) in [4.78, 5) is 0. The molecule has 0 unspecified atom stereocenters. The SMILES string of the molecule is Cc1c2c(c(CC(C)(C)C)c3ccccc13)Oc1c3c(cc4cc[n+](C)c-2c14)[Si](C)(C)c1ccccc1-3. The van der Waals surface area contributed by atoms with Gasteiger partial charge in [0.25, 0.3) is 0 Å². The summed E-state index contributed by atoms with van der Waals surface area (Å²) in [6.07, 6.45) is 3.19. The van der Waals surface area contributed by atoms with Crippen LogP contribution < -0.4 is 19.7 Å². The molecule has 0 fully saturated rings.